The zero-order valence-electron chi connectivity index (χ0n) is 15.9. The maximum absolute atomic E-state index is 12.5. The largest absolute Gasteiger partial charge is 0.322 e. The first kappa shape index (κ1) is 22.0. The van der Waals surface area contributed by atoms with Crippen molar-refractivity contribution >= 4 is 90.5 Å². The van der Waals surface area contributed by atoms with Crippen LogP contribution in [0.2, 0.25) is 10.0 Å². The lowest BCUT2D eigenvalue weighted by atomic mass is 10.2. The third-order valence-electron chi connectivity index (χ3n) is 4.12. The van der Waals surface area contributed by atoms with Gasteiger partial charge in [0.25, 0.3) is 5.91 Å². The molecule has 6 nitrogen and oxygen atoms in total. The Balaban J connectivity index is 1.44. The molecule has 158 valence electrons. The summed E-state index contributed by atoms with van der Waals surface area (Å²) in [5.74, 6) is -0.418. The van der Waals surface area contributed by atoms with E-state index in [9.17, 15) is 9.59 Å². The summed E-state index contributed by atoms with van der Waals surface area (Å²) in [5, 5.41) is 8.40. The Hall–Kier alpha value is -2.17. The molecular weight excluding hydrogens is 495 g/mol. The van der Waals surface area contributed by atoms with E-state index in [4.69, 9.17) is 23.2 Å². The van der Waals surface area contributed by atoms with E-state index < -0.39 is 0 Å². The molecule has 0 radical (unpaired) electrons. The molecule has 2 aromatic carbocycles. The zero-order chi connectivity index (χ0) is 22.0. The molecule has 0 saturated carbocycles. The summed E-state index contributed by atoms with van der Waals surface area (Å²) in [5.41, 5.74) is 1.85. The maximum Gasteiger partial charge on any atom is 0.255 e. The predicted octanol–water partition coefficient (Wildman–Crippen LogP) is 6.43. The molecule has 4 aromatic rings. The van der Waals surface area contributed by atoms with Crippen molar-refractivity contribution in [2.24, 2.45) is 0 Å². The van der Waals surface area contributed by atoms with Gasteiger partial charge in [-0.2, -0.15) is 0 Å². The smallest absolute Gasteiger partial charge is 0.255 e. The second-order valence-corrected chi connectivity index (χ2v) is 10.7. The summed E-state index contributed by atoms with van der Waals surface area (Å²) >= 11 is 16.1. The van der Waals surface area contributed by atoms with Gasteiger partial charge in [0.1, 0.15) is 0 Å². The first-order valence-electron chi connectivity index (χ1n) is 8.93. The number of hydrogen-bond acceptors (Lipinski definition) is 7. The van der Waals surface area contributed by atoms with E-state index in [-0.39, 0.29) is 17.1 Å². The molecular formula is C20H14Cl2N4O2S3. The summed E-state index contributed by atoms with van der Waals surface area (Å²) in [7, 11) is 0. The first-order valence-corrected chi connectivity index (χ1v) is 12.3. The SMILES string of the molecule is C[C@H](Sc1nc2ccc(NC(=O)c3ccc(Cl)c(Cl)c3)cc2s1)C(=O)Nc1nccs1. The van der Waals surface area contributed by atoms with Crippen LogP contribution in [0.4, 0.5) is 10.8 Å². The number of nitrogens with zero attached hydrogens (tertiary/aromatic N) is 2. The molecule has 0 bridgehead atoms. The Labute approximate surface area is 200 Å². The lowest BCUT2D eigenvalue weighted by Gasteiger charge is -2.07. The van der Waals surface area contributed by atoms with Crippen LogP contribution >= 0.6 is 57.6 Å². The number of aromatic nitrogens is 2. The van der Waals surface area contributed by atoms with Gasteiger partial charge in [-0.25, -0.2) is 9.97 Å². The number of anilines is 2. The quantitative estimate of drug-likeness (QED) is 0.293. The fourth-order valence-corrected chi connectivity index (χ4v) is 5.65. The van der Waals surface area contributed by atoms with Gasteiger partial charge >= 0.3 is 0 Å². The molecule has 2 amide bonds. The van der Waals surface area contributed by atoms with Gasteiger partial charge in [-0.3, -0.25) is 9.59 Å². The van der Waals surface area contributed by atoms with E-state index in [0.29, 0.717) is 26.4 Å². The lowest BCUT2D eigenvalue weighted by molar-refractivity contribution is -0.115. The van der Waals surface area contributed by atoms with Crippen molar-refractivity contribution in [1.29, 1.82) is 0 Å². The number of carbonyl (C=O) groups excluding carboxylic acids is 2. The van der Waals surface area contributed by atoms with Crippen LogP contribution in [0.25, 0.3) is 10.2 Å². The fraction of sp³-hybridized carbons (Fsp3) is 0.100. The molecule has 0 saturated heterocycles. The summed E-state index contributed by atoms with van der Waals surface area (Å²) < 4.78 is 1.67. The molecule has 0 fully saturated rings. The molecule has 11 heteroatoms. The van der Waals surface area contributed by atoms with Crippen LogP contribution in [-0.2, 0) is 4.79 Å². The van der Waals surface area contributed by atoms with Gasteiger partial charge in [-0.05, 0) is 43.3 Å². The van der Waals surface area contributed by atoms with E-state index >= 15 is 0 Å². The highest BCUT2D eigenvalue weighted by Crippen LogP contribution is 2.34. The molecule has 4 rings (SSSR count). The Morgan fingerprint density at radius 1 is 1.10 bits per heavy atom. The van der Waals surface area contributed by atoms with Gasteiger partial charge < -0.3 is 10.6 Å². The molecule has 0 aliphatic heterocycles. The van der Waals surface area contributed by atoms with Gasteiger partial charge in [-0.15, -0.1) is 22.7 Å². The monoisotopic (exact) mass is 508 g/mol. The normalized spacial score (nSPS) is 12.0. The second-order valence-electron chi connectivity index (χ2n) is 6.33. The number of amides is 2. The van der Waals surface area contributed by atoms with Crippen molar-refractivity contribution in [3.05, 3.63) is 63.6 Å². The van der Waals surface area contributed by atoms with Gasteiger partial charge in [0, 0.05) is 22.8 Å². The van der Waals surface area contributed by atoms with E-state index in [1.54, 1.807) is 29.8 Å². The van der Waals surface area contributed by atoms with Crippen molar-refractivity contribution in [3.63, 3.8) is 0 Å². The zero-order valence-corrected chi connectivity index (χ0v) is 19.8. The van der Waals surface area contributed by atoms with E-state index in [1.807, 2.05) is 19.1 Å². The van der Waals surface area contributed by atoms with Crippen LogP contribution in [-0.4, -0.2) is 27.0 Å². The standard InChI is InChI=1S/C20H14Cl2N4O2S3/c1-10(17(27)26-19-23-6-7-29-19)30-20-25-15-5-3-12(9-16(15)31-20)24-18(28)11-2-4-13(21)14(22)8-11/h2-10H,1H3,(H,24,28)(H,23,26,27)/t10-/m0/s1. The number of hydrogen-bond donors (Lipinski definition) is 2. The Morgan fingerprint density at radius 2 is 1.94 bits per heavy atom. The van der Waals surface area contributed by atoms with E-state index in [1.165, 1.54) is 40.5 Å². The molecule has 0 aliphatic rings. The minimum absolute atomic E-state index is 0.131. The average molecular weight is 509 g/mol. The summed E-state index contributed by atoms with van der Waals surface area (Å²) in [6.45, 7) is 1.82. The highest BCUT2D eigenvalue weighted by molar-refractivity contribution is 8.02. The minimum Gasteiger partial charge on any atom is -0.322 e. The molecule has 1 atom stereocenters. The lowest BCUT2D eigenvalue weighted by Crippen LogP contribution is -2.22. The van der Waals surface area contributed by atoms with E-state index in [2.05, 4.69) is 20.6 Å². The predicted molar refractivity (Wildman–Crippen MR) is 130 cm³/mol. The van der Waals surface area contributed by atoms with Crippen LogP contribution in [0.5, 0.6) is 0 Å². The summed E-state index contributed by atoms with van der Waals surface area (Å²) in [4.78, 5) is 33.5. The fourth-order valence-electron chi connectivity index (χ4n) is 2.57. The van der Waals surface area contributed by atoms with Crippen molar-refractivity contribution in [3.8, 4) is 0 Å². The number of rotatable bonds is 6. The van der Waals surface area contributed by atoms with Gasteiger partial charge in [0.15, 0.2) is 9.47 Å². The van der Waals surface area contributed by atoms with Crippen LogP contribution in [0.3, 0.4) is 0 Å². The van der Waals surface area contributed by atoms with Crippen LogP contribution in [0.1, 0.15) is 17.3 Å². The summed E-state index contributed by atoms with van der Waals surface area (Å²) in [6.07, 6.45) is 1.64. The van der Waals surface area contributed by atoms with Gasteiger partial charge in [-0.1, -0.05) is 35.0 Å². The third-order valence-corrected chi connectivity index (χ3v) is 7.76. The number of nitrogens with one attached hydrogen (secondary N) is 2. The number of thiazole rings is 2. The molecule has 0 spiro atoms. The second kappa shape index (κ2) is 9.54. The number of carbonyl (C=O) groups is 2. The van der Waals surface area contributed by atoms with Crippen molar-refractivity contribution in [2.75, 3.05) is 10.6 Å². The summed E-state index contributed by atoms with van der Waals surface area (Å²) in [6, 6.07) is 10.2. The molecule has 2 aromatic heterocycles. The van der Waals surface area contributed by atoms with Crippen molar-refractivity contribution in [2.45, 2.75) is 16.5 Å². The van der Waals surface area contributed by atoms with Crippen LogP contribution < -0.4 is 10.6 Å². The van der Waals surface area contributed by atoms with Crippen molar-refractivity contribution in [1.82, 2.24) is 9.97 Å². The Kier molecular flexibility index (Phi) is 6.78. The average Bonchev–Trinajstić information content (AvgIpc) is 3.38. The first-order chi connectivity index (χ1) is 14.9. The number of halogens is 2. The topological polar surface area (TPSA) is 84.0 Å². The molecule has 0 aliphatic carbocycles. The van der Waals surface area contributed by atoms with Crippen molar-refractivity contribution < 1.29 is 9.59 Å². The van der Waals surface area contributed by atoms with Crippen LogP contribution in [0.15, 0.2) is 52.3 Å². The Morgan fingerprint density at radius 3 is 2.68 bits per heavy atom. The van der Waals surface area contributed by atoms with Gasteiger partial charge in [0.05, 0.1) is 25.5 Å². The molecule has 31 heavy (non-hydrogen) atoms. The maximum atomic E-state index is 12.5. The Bertz CT molecular complexity index is 1260. The molecule has 0 unspecified atom stereocenters. The van der Waals surface area contributed by atoms with E-state index in [0.717, 1.165) is 14.6 Å². The third kappa shape index (κ3) is 5.36. The highest BCUT2D eigenvalue weighted by Gasteiger charge is 2.18. The molecule has 2 heterocycles. The van der Waals surface area contributed by atoms with Crippen LogP contribution in [0, 0.1) is 0 Å². The minimum atomic E-state index is -0.335. The van der Waals surface area contributed by atoms with Gasteiger partial charge in [0.2, 0.25) is 5.91 Å². The number of thioether (sulfide) groups is 1. The molecule has 2 N–H and O–H groups in total. The highest BCUT2D eigenvalue weighted by atomic mass is 35.5. The number of fused-ring (bicyclic) bond motifs is 1. The number of benzene rings is 2.